The van der Waals surface area contributed by atoms with E-state index in [1.807, 2.05) is 20.8 Å². The molecule has 0 radical (unpaired) electrons. The second-order valence-corrected chi connectivity index (χ2v) is 7.72. The Balaban J connectivity index is 1.71. The van der Waals surface area contributed by atoms with Gasteiger partial charge >= 0.3 is 6.09 Å². The number of nitrogens with zero attached hydrogens (tertiary/aromatic N) is 1. The van der Waals surface area contributed by atoms with Gasteiger partial charge in [0.1, 0.15) is 5.60 Å². The maximum Gasteiger partial charge on any atom is 0.412 e. The number of piperidine rings is 1. The number of hydrogen-bond acceptors (Lipinski definition) is 4. The molecule has 0 saturated carbocycles. The first-order valence-corrected chi connectivity index (χ1v) is 9.44. The number of likely N-dealkylation sites (tertiary alicyclic amines) is 1. The molecule has 2 amide bonds. The van der Waals surface area contributed by atoms with Crippen LogP contribution in [-0.4, -0.2) is 48.7 Å². The highest BCUT2D eigenvalue weighted by Gasteiger charge is 2.16. The van der Waals surface area contributed by atoms with Crippen LogP contribution in [0, 0.1) is 0 Å². The van der Waals surface area contributed by atoms with Crippen LogP contribution in [0.4, 0.5) is 10.5 Å². The standard InChI is InChI=1S/C20H31N3O3/c1-20(2,3)26-19(25)22-17-10-8-16(9-11-17)18(24)21-12-7-15-23-13-5-4-6-14-23/h8-11H,4-7,12-15H2,1-3H3,(H,21,24)(H,22,25). The molecule has 144 valence electrons. The van der Waals surface area contributed by atoms with Crippen molar-refractivity contribution in [3.63, 3.8) is 0 Å². The molecule has 0 aromatic heterocycles. The molecule has 2 rings (SSSR count). The van der Waals surface area contributed by atoms with E-state index in [9.17, 15) is 9.59 Å². The normalized spacial score (nSPS) is 15.3. The Bertz CT molecular complexity index is 587. The number of ether oxygens (including phenoxy) is 1. The van der Waals surface area contributed by atoms with Crippen molar-refractivity contribution in [3.05, 3.63) is 29.8 Å². The Morgan fingerprint density at radius 1 is 1.08 bits per heavy atom. The summed E-state index contributed by atoms with van der Waals surface area (Å²) in [6.07, 6.45) is 4.37. The largest absolute Gasteiger partial charge is 0.444 e. The zero-order chi connectivity index (χ0) is 19.0. The van der Waals surface area contributed by atoms with E-state index in [2.05, 4.69) is 15.5 Å². The molecule has 1 aliphatic rings. The number of benzene rings is 1. The fourth-order valence-electron chi connectivity index (χ4n) is 2.92. The molecular weight excluding hydrogens is 330 g/mol. The number of anilines is 1. The lowest BCUT2D eigenvalue weighted by Gasteiger charge is -2.26. The minimum atomic E-state index is -0.544. The maximum absolute atomic E-state index is 12.2. The quantitative estimate of drug-likeness (QED) is 0.759. The summed E-state index contributed by atoms with van der Waals surface area (Å²) in [5, 5.41) is 5.61. The number of amides is 2. The van der Waals surface area contributed by atoms with Crippen LogP contribution in [0.25, 0.3) is 0 Å². The Morgan fingerprint density at radius 3 is 2.35 bits per heavy atom. The van der Waals surface area contributed by atoms with Gasteiger partial charge < -0.3 is 15.0 Å². The van der Waals surface area contributed by atoms with Gasteiger partial charge in [0.25, 0.3) is 5.91 Å². The highest BCUT2D eigenvalue weighted by Crippen LogP contribution is 2.13. The Morgan fingerprint density at radius 2 is 1.73 bits per heavy atom. The Labute approximate surface area is 156 Å². The Kier molecular flexibility index (Phi) is 7.45. The summed E-state index contributed by atoms with van der Waals surface area (Å²) in [6.45, 7) is 9.51. The molecule has 1 saturated heterocycles. The van der Waals surface area contributed by atoms with E-state index in [4.69, 9.17) is 4.74 Å². The van der Waals surface area contributed by atoms with Crippen molar-refractivity contribution in [2.75, 3.05) is 31.5 Å². The number of carbonyl (C=O) groups excluding carboxylic acids is 2. The van der Waals surface area contributed by atoms with Gasteiger partial charge in [-0.05, 0) is 83.9 Å². The molecule has 6 nitrogen and oxygen atoms in total. The van der Waals surface area contributed by atoms with Crippen molar-refractivity contribution >= 4 is 17.7 Å². The van der Waals surface area contributed by atoms with Gasteiger partial charge in [0, 0.05) is 17.8 Å². The van der Waals surface area contributed by atoms with Crippen LogP contribution in [0.1, 0.15) is 56.8 Å². The number of rotatable bonds is 6. The van der Waals surface area contributed by atoms with E-state index in [-0.39, 0.29) is 5.91 Å². The summed E-state index contributed by atoms with van der Waals surface area (Å²) in [5.74, 6) is -0.0903. The molecule has 0 atom stereocenters. The molecule has 1 aromatic carbocycles. The van der Waals surface area contributed by atoms with Gasteiger partial charge in [-0.15, -0.1) is 0 Å². The molecule has 1 fully saturated rings. The third-order valence-electron chi connectivity index (χ3n) is 4.18. The maximum atomic E-state index is 12.2. The molecule has 2 N–H and O–H groups in total. The number of nitrogens with one attached hydrogen (secondary N) is 2. The van der Waals surface area contributed by atoms with Crippen LogP contribution in [0.15, 0.2) is 24.3 Å². The zero-order valence-corrected chi connectivity index (χ0v) is 16.1. The number of hydrogen-bond donors (Lipinski definition) is 2. The summed E-state index contributed by atoms with van der Waals surface area (Å²) in [6, 6.07) is 6.80. The van der Waals surface area contributed by atoms with Crippen molar-refractivity contribution in [1.29, 1.82) is 0 Å². The lowest BCUT2D eigenvalue weighted by Crippen LogP contribution is -2.33. The van der Waals surface area contributed by atoms with Crippen LogP contribution < -0.4 is 10.6 Å². The fraction of sp³-hybridized carbons (Fsp3) is 0.600. The lowest BCUT2D eigenvalue weighted by atomic mass is 10.1. The molecular formula is C20H31N3O3. The zero-order valence-electron chi connectivity index (χ0n) is 16.1. The van der Waals surface area contributed by atoms with Crippen molar-refractivity contribution in [3.8, 4) is 0 Å². The van der Waals surface area contributed by atoms with E-state index in [0.29, 0.717) is 17.8 Å². The molecule has 1 aliphatic heterocycles. The molecule has 26 heavy (non-hydrogen) atoms. The third kappa shape index (κ3) is 7.44. The predicted octanol–water partition coefficient (Wildman–Crippen LogP) is 3.64. The van der Waals surface area contributed by atoms with Crippen LogP contribution in [0.2, 0.25) is 0 Å². The fourth-order valence-corrected chi connectivity index (χ4v) is 2.92. The number of carbonyl (C=O) groups is 2. The first kappa shape index (κ1) is 20.2. The van der Waals surface area contributed by atoms with Gasteiger partial charge in [-0.1, -0.05) is 6.42 Å². The van der Waals surface area contributed by atoms with Crippen molar-refractivity contribution < 1.29 is 14.3 Å². The second-order valence-electron chi connectivity index (χ2n) is 7.72. The van der Waals surface area contributed by atoms with Gasteiger partial charge in [0.2, 0.25) is 0 Å². The topological polar surface area (TPSA) is 70.7 Å². The monoisotopic (exact) mass is 361 g/mol. The predicted molar refractivity (Wildman–Crippen MR) is 104 cm³/mol. The first-order valence-electron chi connectivity index (χ1n) is 9.44. The molecule has 0 spiro atoms. The summed E-state index contributed by atoms with van der Waals surface area (Å²) in [5.41, 5.74) is 0.636. The van der Waals surface area contributed by atoms with Gasteiger partial charge in [-0.2, -0.15) is 0 Å². The average Bonchev–Trinajstić information content (AvgIpc) is 2.58. The minimum Gasteiger partial charge on any atom is -0.444 e. The highest BCUT2D eigenvalue weighted by molar-refractivity contribution is 5.95. The van der Waals surface area contributed by atoms with Crippen molar-refractivity contribution in [2.24, 2.45) is 0 Å². The molecule has 0 unspecified atom stereocenters. The minimum absolute atomic E-state index is 0.0903. The van der Waals surface area contributed by atoms with E-state index in [1.54, 1.807) is 24.3 Å². The van der Waals surface area contributed by atoms with E-state index in [0.717, 1.165) is 13.0 Å². The Hall–Kier alpha value is -2.08. The second kappa shape index (κ2) is 9.57. The summed E-state index contributed by atoms with van der Waals surface area (Å²) in [4.78, 5) is 26.4. The average molecular weight is 361 g/mol. The van der Waals surface area contributed by atoms with Gasteiger partial charge in [0.15, 0.2) is 0 Å². The van der Waals surface area contributed by atoms with E-state index >= 15 is 0 Å². The molecule has 1 aromatic rings. The molecule has 6 heteroatoms. The third-order valence-corrected chi connectivity index (χ3v) is 4.18. The van der Waals surface area contributed by atoms with Gasteiger partial charge in [-0.25, -0.2) is 4.79 Å². The lowest BCUT2D eigenvalue weighted by molar-refractivity contribution is 0.0635. The smallest absolute Gasteiger partial charge is 0.412 e. The van der Waals surface area contributed by atoms with Crippen LogP contribution in [0.5, 0.6) is 0 Å². The summed E-state index contributed by atoms with van der Waals surface area (Å²) in [7, 11) is 0. The van der Waals surface area contributed by atoms with Crippen molar-refractivity contribution in [1.82, 2.24) is 10.2 Å². The summed E-state index contributed by atoms with van der Waals surface area (Å²) >= 11 is 0. The van der Waals surface area contributed by atoms with E-state index < -0.39 is 11.7 Å². The first-order chi connectivity index (χ1) is 12.3. The van der Waals surface area contributed by atoms with Crippen LogP contribution in [-0.2, 0) is 4.74 Å². The molecule has 1 heterocycles. The molecule has 0 bridgehead atoms. The van der Waals surface area contributed by atoms with Gasteiger partial charge in [-0.3, -0.25) is 10.1 Å². The van der Waals surface area contributed by atoms with E-state index in [1.165, 1.54) is 32.4 Å². The molecule has 0 aliphatic carbocycles. The van der Waals surface area contributed by atoms with Crippen LogP contribution >= 0.6 is 0 Å². The SMILES string of the molecule is CC(C)(C)OC(=O)Nc1ccc(C(=O)NCCCN2CCCCC2)cc1. The summed E-state index contributed by atoms with van der Waals surface area (Å²) < 4.78 is 5.20. The van der Waals surface area contributed by atoms with Gasteiger partial charge in [0.05, 0.1) is 0 Å². The van der Waals surface area contributed by atoms with Crippen LogP contribution in [0.3, 0.4) is 0 Å². The highest BCUT2D eigenvalue weighted by atomic mass is 16.6. The van der Waals surface area contributed by atoms with Crippen molar-refractivity contribution in [2.45, 2.75) is 52.1 Å².